The minimum Gasteiger partial charge on any atom is -0.378 e. The number of fused-ring (bicyclic) bond motifs is 5. The van der Waals surface area contributed by atoms with Crippen molar-refractivity contribution in [2.75, 3.05) is 32.8 Å². The fraction of sp³-hybridized carbons (Fsp3) is 0.183. The van der Waals surface area contributed by atoms with Crippen molar-refractivity contribution >= 4 is 72.2 Å². The summed E-state index contributed by atoms with van der Waals surface area (Å²) < 4.78 is 38.0. The van der Waals surface area contributed by atoms with E-state index < -0.39 is 0 Å². The van der Waals surface area contributed by atoms with E-state index in [0.717, 1.165) is 118 Å². The predicted molar refractivity (Wildman–Crippen MR) is 482 cm³/mol. The third-order valence-corrected chi connectivity index (χ3v) is 21.7. The van der Waals surface area contributed by atoms with Gasteiger partial charge in [-0.25, -0.2) is 0 Å². The van der Waals surface area contributed by atoms with Crippen molar-refractivity contribution in [1.29, 1.82) is 0 Å². The molecule has 2 fully saturated rings. The van der Waals surface area contributed by atoms with Gasteiger partial charge in [0.2, 0.25) is 58.6 Å². The van der Waals surface area contributed by atoms with Gasteiger partial charge in [-0.1, -0.05) is 25.8 Å². The average molecular weight is 1760 g/mol. The molecule has 132 heavy (non-hydrogen) atoms. The van der Waals surface area contributed by atoms with E-state index in [1.807, 2.05) is 181 Å². The molecule has 656 valence electrons. The number of pyridine rings is 10. The van der Waals surface area contributed by atoms with Crippen molar-refractivity contribution in [3.05, 3.63) is 261 Å². The number of carbonyl (C=O) groups is 3. The zero-order valence-electron chi connectivity index (χ0n) is 72.2. The Morgan fingerprint density at radius 1 is 0.409 bits per heavy atom. The van der Waals surface area contributed by atoms with Crippen LogP contribution in [-0.4, -0.2) is 196 Å². The number of hydrogen-bond donors (Lipinski definition) is 4. The average Bonchev–Trinajstić information content (AvgIpc) is 1.63. The summed E-state index contributed by atoms with van der Waals surface area (Å²) in [4.78, 5) is 112. The fourth-order valence-corrected chi connectivity index (χ4v) is 14.7. The van der Waals surface area contributed by atoms with Crippen molar-refractivity contribution in [3.63, 3.8) is 0 Å². The van der Waals surface area contributed by atoms with Gasteiger partial charge in [0, 0.05) is 192 Å². The highest BCUT2D eigenvalue weighted by Gasteiger charge is 2.27. The lowest BCUT2D eigenvalue weighted by molar-refractivity contribution is 0.0299. The van der Waals surface area contributed by atoms with Gasteiger partial charge in [-0.05, 0) is 140 Å². The van der Waals surface area contributed by atoms with Gasteiger partial charge < -0.3 is 66.6 Å². The highest BCUT2D eigenvalue weighted by atomic mass is 16.5. The summed E-state index contributed by atoms with van der Waals surface area (Å²) in [6.07, 6.45) is 27.0. The molecule has 0 atom stereocenters. The van der Waals surface area contributed by atoms with Gasteiger partial charge in [0.1, 0.15) is 17.1 Å². The summed E-state index contributed by atoms with van der Waals surface area (Å²) in [5.74, 6) is 5.00. The number of aromatic nitrogens is 27. The molecule has 4 N–H and O–H groups in total. The standard InChI is InChI=1S/C22H20N8O2.C20H18N6O3.C20H18N6O2.C16H13N5O.C15H11N5O/c1-14-27-21(28-32-14)15-4-6-23-17(10-15)18-11-16-12-19(29(2)20(16)13-25-18)22(31)24-7-9-30-8-3-5-26-30;1-12-23-19(25-29-12)13-2-3-21-15(8-13)16-9-14-10-17(24-18(14)11-22-16)20(27)26-4-6-28-7-5-26;1-11-23-19(25-28-11)12-5-6-21-15(7-12)16-8-13-9-17(20(27)24-14-3-4-14)26(2)18(13)10-22-16;1-10-19-16(20-22-10)12-3-5-17-13(8-12)14-7-11-4-6-21(2)15(11)9-18-14;1-9-19-15(20-21-9)11-3-5-16-12(7-11)13-6-10-2-4-17-14(10)8-18-13/h3-6,8,10-13H,7,9H2,1-2H3,(H,24,31);2-3,8-11,24H,4-7H2,1H3;5-10,14H,3-4H2,1-2H3,(H,24,27);3-9H,1-2H3;2-8,17H,1H3. The fourth-order valence-electron chi connectivity index (χ4n) is 14.7. The van der Waals surface area contributed by atoms with E-state index in [4.69, 9.17) is 27.4 Å². The smallest absolute Gasteiger partial charge is 0.270 e. The molecule has 0 aromatic carbocycles. The zero-order chi connectivity index (χ0) is 90.5. The molecule has 3 amide bonds. The van der Waals surface area contributed by atoms with Gasteiger partial charge in [0.15, 0.2) is 0 Å². The Hall–Kier alpha value is -17.5. The van der Waals surface area contributed by atoms with Gasteiger partial charge in [-0.3, -0.25) is 68.9 Å². The number of rotatable bonds is 17. The van der Waals surface area contributed by atoms with Gasteiger partial charge in [-0.15, -0.1) is 0 Å². The molecule has 1 aliphatic heterocycles. The largest absolute Gasteiger partial charge is 0.378 e. The molecule has 1 saturated heterocycles. The van der Waals surface area contributed by atoms with Crippen LogP contribution in [0.2, 0.25) is 0 Å². The quantitative estimate of drug-likeness (QED) is 0.0657. The Kier molecular flexibility index (Phi) is 23.4. The minimum absolute atomic E-state index is 0.0290. The van der Waals surface area contributed by atoms with Crippen LogP contribution in [0.15, 0.2) is 237 Å². The number of nitrogens with zero attached hydrogens (tertiary/aromatic N) is 26. The lowest BCUT2D eigenvalue weighted by atomic mass is 10.1. The highest BCUT2D eigenvalue weighted by Crippen LogP contribution is 2.33. The van der Waals surface area contributed by atoms with E-state index >= 15 is 0 Å². The van der Waals surface area contributed by atoms with E-state index in [1.54, 1.807) is 106 Å². The molecule has 0 unspecified atom stereocenters. The predicted octanol–water partition coefficient (Wildman–Crippen LogP) is 13.9. The minimum atomic E-state index is -0.148. The van der Waals surface area contributed by atoms with Crippen molar-refractivity contribution in [2.45, 2.75) is 60.0 Å². The summed E-state index contributed by atoms with van der Waals surface area (Å²) in [6, 6.07) is 40.3. The maximum absolute atomic E-state index is 12.7. The van der Waals surface area contributed by atoms with Gasteiger partial charge in [0.25, 0.3) is 17.7 Å². The number of nitrogens with one attached hydrogen (secondary N) is 4. The molecule has 21 aromatic rings. The Bertz CT molecular complexity index is 7790. The Labute approximate surface area is 748 Å². The SMILES string of the molecule is Cc1nc(-c2ccnc(-c3cc4cc(C(=O)N5CCOCC5)[nH]c4cn3)c2)no1.Cc1nc(-c2ccnc(-c3cc4cc(C(=O)NC5CC5)n(C)c4cn3)c2)no1.Cc1nc(-c2ccnc(-c3cc4cc(C(=O)NCCn5cccn5)n(C)c4cn3)c2)no1.Cc1nc(-c2ccnc(-c3cc4cc[nH]c4cn3)c2)no1.Cc1nc(-c2ccnc(-c3cc4ccn(C)c4cn3)c2)no1. The number of aromatic amines is 2. The number of H-pyrrole nitrogens is 2. The second-order valence-corrected chi connectivity index (χ2v) is 31.0. The Morgan fingerprint density at radius 3 is 1.23 bits per heavy atom. The number of aryl methyl sites for hydroxylation is 8. The Balaban J connectivity index is 0.000000107. The first kappa shape index (κ1) is 84.0. The van der Waals surface area contributed by atoms with Crippen LogP contribution in [0.25, 0.3) is 168 Å². The van der Waals surface area contributed by atoms with Crippen molar-refractivity contribution in [2.24, 2.45) is 21.1 Å². The van der Waals surface area contributed by atoms with E-state index in [0.29, 0.717) is 155 Å². The molecule has 0 spiro atoms. The monoisotopic (exact) mass is 1760 g/mol. The van der Waals surface area contributed by atoms with Crippen molar-refractivity contribution in [3.8, 4) is 114 Å². The second kappa shape index (κ2) is 36.8. The van der Waals surface area contributed by atoms with Crippen LogP contribution in [0, 0.1) is 34.6 Å². The number of ether oxygens (including phenoxy) is 1. The van der Waals surface area contributed by atoms with Crippen LogP contribution >= 0.6 is 0 Å². The number of carbonyl (C=O) groups excluding carboxylic acids is 3. The maximum atomic E-state index is 12.7. The first-order valence-corrected chi connectivity index (χ1v) is 41.9. The van der Waals surface area contributed by atoms with Crippen molar-refractivity contribution in [1.82, 2.24) is 150 Å². The number of morpholine rings is 1. The van der Waals surface area contributed by atoms with Crippen molar-refractivity contribution < 1.29 is 41.7 Å². The molecular weight excluding hydrogens is 1680 g/mol. The van der Waals surface area contributed by atoms with E-state index in [-0.39, 0.29) is 17.7 Å². The van der Waals surface area contributed by atoms with E-state index in [9.17, 15) is 14.4 Å². The molecule has 39 heteroatoms. The molecule has 21 aromatic heterocycles. The second-order valence-electron chi connectivity index (χ2n) is 31.0. The van der Waals surface area contributed by atoms with Crippen LogP contribution < -0.4 is 10.6 Å². The molecular formula is C93H80N30O9. The third kappa shape index (κ3) is 18.7. The maximum Gasteiger partial charge on any atom is 0.270 e. The summed E-state index contributed by atoms with van der Waals surface area (Å²) in [6.45, 7) is 12.2. The number of amides is 3. The molecule has 22 heterocycles. The first-order chi connectivity index (χ1) is 64.3. The normalized spacial score (nSPS) is 12.4. The Morgan fingerprint density at radius 2 is 0.811 bits per heavy atom. The topological polar surface area (TPSA) is 475 Å². The molecule has 2 aliphatic rings. The molecule has 23 rings (SSSR count). The first-order valence-electron chi connectivity index (χ1n) is 41.9. The van der Waals surface area contributed by atoms with Gasteiger partial charge in [-0.2, -0.15) is 30.0 Å². The zero-order valence-corrected chi connectivity index (χ0v) is 72.2. The lowest BCUT2D eigenvalue weighted by Gasteiger charge is -2.26. The van der Waals surface area contributed by atoms with E-state index in [2.05, 4.69) is 132 Å². The van der Waals surface area contributed by atoms with Crippen LogP contribution in [0.1, 0.15) is 73.8 Å². The molecule has 0 radical (unpaired) electrons. The molecule has 0 bridgehead atoms. The summed E-state index contributed by atoms with van der Waals surface area (Å²) in [5.41, 5.74) is 17.9. The van der Waals surface area contributed by atoms with Crippen LogP contribution in [-0.2, 0) is 32.4 Å². The molecule has 1 aliphatic carbocycles. The van der Waals surface area contributed by atoms with Crippen LogP contribution in [0.3, 0.4) is 0 Å². The molecule has 1 saturated carbocycles. The van der Waals surface area contributed by atoms with Gasteiger partial charge in [0.05, 0.1) is 135 Å². The summed E-state index contributed by atoms with van der Waals surface area (Å²) in [7, 11) is 5.73. The lowest BCUT2D eigenvalue weighted by Crippen LogP contribution is -2.40. The highest BCUT2D eigenvalue weighted by molar-refractivity contribution is 6.01. The summed E-state index contributed by atoms with van der Waals surface area (Å²) >= 11 is 0. The van der Waals surface area contributed by atoms with Crippen LogP contribution in [0.4, 0.5) is 0 Å². The molecule has 39 nitrogen and oxygen atoms in total. The van der Waals surface area contributed by atoms with Gasteiger partial charge >= 0.3 is 0 Å². The third-order valence-electron chi connectivity index (χ3n) is 21.7. The van der Waals surface area contributed by atoms with Crippen LogP contribution in [0.5, 0.6) is 0 Å². The summed E-state index contributed by atoms with van der Waals surface area (Å²) in [5, 5.41) is 34.8. The van der Waals surface area contributed by atoms with E-state index in [1.165, 1.54) is 0 Å². The number of hydrogen-bond acceptors (Lipinski definition) is 30.